The van der Waals surface area contributed by atoms with Crippen LogP contribution in [-0.4, -0.2) is 28.2 Å². The van der Waals surface area contributed by atoms with E-state index in [-0.39, 0.29) is 34.9 Å². The van der Waals surface area contributed by atoms with Gasteiger partial charge in [0.2, 0.25) is 0 Å². The summed E-state index contributed by atoms with van der Waals surface area (Å²) >= 11 is 0. The van der Waals surface area contributed by atoms with E-state index in [9.17, 15) is 15.0 Å². The van der Waals surface area contributed by atoms with Gasteiger partial charge in [-0.2, -0.15) is 0 Å². The zero-order chi connectivity index (χ0) is 17.3. The van der Waals surface area contributed by atoms with Crippen LogP contribution in [0.4, 0.5) is 0 Å². The molecule has 4 aliphatic rings. The van der Waals surface area contributed by atoms with Crippen molar-refractivity contribution in [3.05, 3.63) is 0 Å². The molecule has 4 rings (SSSR count). The molecule has 0 spiro atoms. The molecule has 1 unspecified atom stereocenters. The molecule has 0 amide bonds. The molecule has 4 saturated carbocycles. The van der Waals surface area contributed by atoms with Crippen molar-refractivity contribution in [2.45, 2.75) is 84.3 Å². The van der Waals surface area contributed by atoms with Crippen molar-refractivity contribution in [2.75, 3.05) is 0 Å². The van der Waals surface area contributed by atoms with Crippen LogP contribution in [0.3, 0.4) is 0 Å². The van der Waals surface area contributed by atoms with Gasteiger partial charge in [-0.1, -0.05) is 13.8 Å². The van der Waals surface area contributed by atoms with Gasteiger partial charge >= 0.3 is 0 Å². The molecule has 0 aromatic rings. The molecule has 0 heterocycles. The van der Waals surface area contributed by atoms with Gasteiger partial charge in [-0.15, -0.1) is 0 Å². The summed E-state index contributed by atoms with van der Waals surface area (Å²) in [4.78, 5) is 12.2. The number of aliphatic hydroxyl groups is 2. The Morgan fingerprint density at radius 3 is 2.25 bits per heavy atom. The average molecular weight is 335 g/mol. The molecule has 0 aliphatic heterocycles. The van der Waals surface area contributed by atoms with Crippen LogP contribution in [0, 0.1) is 40.4 Å². The Kier molecular flexibility index (Phi) is 3.93. The van der Waals surface area contributed by atoms with E-state index in [1.807, 2.05) is 0 Å². The number of Topliss-reactive ketones (excluding diaryl/α,β-unsaturated/α-hetero) is 1. The van der Waals surface area contributed by atoms with Crippen molar-refractivity contribution < 1.29 is 15.0 Å². The van der Waals surface area contributed by atoms with Crippen LogP contribution in [0.2, 0.25) is 0 Å². The Hall–Kier alpha value is -0.410. The number of fused-ring (bicyclic) bond motifs is 5. The second-order valence-corrected chi connectivity index (χ2v) is 10.0. The van der Waals surface area contributed by atoms with E-state index in [1.165, 1.54) is 12.8 Å². The Labute approximate surface area is 146 Å². The maximum atomic E-state index is 12.2. The third kappa shape index (κ3) is 2.19. The first-order valence-corrected chi connectivity index (χ1v) is 10.1. The molecule has 4 aliphatic carbocycles. The standard InChI is InChI=1S/C21H34O3/c1-12(22)15-4-5-16-14-11-19(24)18-10-13(23)6-8-21(18,3)17(14)7-9-20(15,16)2/h13-19,23-24H,4-11H2,1-3H3/t13-,14+,15-,16+,17+,18?,19+,20-,21-/m1/s1. The van der Waals surface area contributed by atoms with Gasteiger partial charge in [0.15, 0.2) is 0 Å². The lowest BCUT2D eigenvalue weighted by Gasteiger charge is -2.62. The van der Waals surface area contributed by atoms with E-state index in [2.05, 4.69) is 13.8 Å². The SMILES string of the molecule is CC(=O)[C@H]1CC[C@H]2[C@@H]3C[C@H](O)C4C[C@H](O)CC[C@]4(C)[C@H]3CC[C@]12C. The van der Waals surface area contributed by atoms with Gasteiger partial charge in [0, 0.05) is 5.92 Å². The number of carbonyl (C=O) groups is 1. The first-order valence-electron chi connectivity index (χ1n) is 10.1. The van der Waals surface area contributed by atoms with E-state index in [0.717, 1.165) is 38.5 Å². The highest BCUT2D eigenvalue weighted by Gasteiger charge is 2.62. The van der Waals surface area contributed by atoms with E-state index >= 15 is 0 Å². The van der Waals surface area contributed by atoms with Gasteiger partial charge < -0.3 is 10.2 Å². The summed E-state index contributed by atoms with van der Waals surface area (Å²) in [6, 6.07) is 0. The van der Waals surface area contributed by atoms with Crippen LogP contribution in [0.1, 0.15) is 72.1 Å². The number of carbonyl (C=O) groups excluding carboxylic acids is 1. The summed E-state index contributed by atoms with van der Waals surface area (Å²) < 4.78 is 0. The second kappa shape index (κ2) is 5.54. The number of ketones is 1. The first kappa shape index (κ1) is 17.0. The molecular weight excluding hydrogens is 300 g/mol. The molecule has 0 bridgehead atoms. The summed E-state index contributed by atoms with van der Waals surface area (Å²) in [5, 5.41) is 21.0. The molecular formula is C21H34O3. The number of rotatable bonds is 1. The third-order valence-corrected chi connectivity index (χ3v) is 9.14. The first-order chi connectivity index (χ1) is 11.3. The molecule has 136 valence electrons. The zero-order valence-corrected chi connectivity index (χ0v) is 15.5. The fourth-order valence-electron chi connectivity index (χ4n) is 7.95. The topological polar surface area (TPSA) is 57.5 Å². The van der Waals surface area contributed by atoms with Crippen molar-refractivity contribution >= 4 is 5.78 Å². The van der Waals surface area contributed by atoms with Crippen LogP contribution >= 0.6 is 0 Å². The summed E-state index contributed by atoms with van der Waals surface area (Å²) in [7, 11) is 0. The maximum Gasteiger partial charge on any atom is 0.133 e. The summed E-state index contributed by atoms with van der Waals surface area (Å²) in [6.07, 6.45) is 7.70. The van der Waals surface area contributed by atoms with Crippen LogP contribution in [0.25, 0.3) is 0 Å². The Balaban J connectivity index is 1.65. The molecule has 0 aromatic carbocycles. The molecule has 24 heavy (non-hydrogen) atoms. The predicted octanol–water partition coefficient (Wildman–Crippen LogP) is 3.57. The summed E-state index contributed by atoms with van der Waals surface area (Å²) in [5.41, 5.74) is 0.335. The molecule has 2 N–H and O–H groups in total. The number of aliphatic hydroxyl groups excluding tert-OH is 2. The molecule has 0 aromatic heterocycles. The lowest BCUT2D eigenvalue weighted by atomic mass is 9.44. The van der Waals surface area contributed by atoms with E-state index in [0.29, 0.717) is 23.5 Å². The molecule has 4 fully saturated rings. The average Bonchev–Trinajstić information content (AvgIpc) is 2.87. The van der Waals surface area contributed by atoms with Gasteiger partial charge in [-0.3, -0.25) is 4.79 Å². The minimum absolute atomic E-state index is 0.157. The largest absolute Gasteiger partial charge is 0.393 e. The second-order valence-electron chi connectivity index (χ2n) is 10.0. The van der Waals surface area contributed by atoms with Crippen LogP contribution in [0.5, 0.6) is 0 Å². The van der Waals surface area contributed by atoms with Crippen LogP contribution in [0.15, 0.2) is 0 Å². The highest BCUT2D eigenvalue weighted by molar-refractivity contribution is 5.79. The summed E-state index contributed by atoms with van der Waals surface area (Å²) in [5.74, 6) is 2.71. The van der Waals surface area contributed by atoms with Crippen molar-refractivity contribution in [1.29, 1.82) is 0 Å². The Morgan fingerprint density at radius 1 is 0.875 bits per heavy atom. The lowest BCUT2D eigenvalue weighted by Crippen LogP contribution is -2.58. The van der Waals surface area contributed by atoms with Crippen LogP contribution in [-0.2, 0) is 4.79 Å². The molecule has 3 nitrogen and oxygen atoms in total. The normalized spacial score (nSPS) is 57.0. The highest BCUT2D eigenvalue weighted by atomic mass is 16.3. The van der Waals surface area contributed by atoms with Gasteiger partial charge in [0.25, 0.3) is 0 Å². The van der Waals surface area contributed by atoms with Gasteiger partial charge in [0.1, 0.15) is 5.78 Å². The van der Waals surface area contributed by atoms with E-state index < -0.39 is 0 Å². The van der Waals surface area contributed by atoms with Gasteiger partial charge in [0.05, 0.1) is 12.2 Å². The quantitative estimate of drug-likeness (QED) is 0.771. The minimum Gasteiger partial charge on any atom is -0.393 e. The van der Waals surface area contributed by atoms with E-state index in [4.69, 9.17) is 0 Å². The summed E-state index contributed by atoms with van der Waals surface area (Å²) in [6.45, 7) is 6.53. The number of hydrogen-bond donors (Lipinski definition) is 2. The molecule has 3 heteroatoms. The van der Waals surface area contributed by atoms with Crippen molar-refractivity contribution in [3.8, 4) is 0 Å². The van der Waals surface area contributed by atoms with Crippen LogP contribution < -0.4 is 0 Å². The zero-order valence-electron chi connectivity index (χ0n) is 15.5. The minimum atomic E-state index is -0.273. The fourth-order valence-corrected chi connectivity index (χ4v) is 7.95. The number of hydrogen-bond acceptors (Lipinski definition) is 3. The van der Waals surface area contributed by atoms with Crippen molar-refractivity contribution in [3.63, 3.8) is 0 Å². The predicted molar refractivity (Wildman–Crippen MR) is 93.3 cm³/mol. The molecule has 0 radical (unpaired) electrons. The van der Waals surface area contributed by atoms with Gasteiger partial charge in [-0.25, -0.2) is 0 Å². The third-order valence-electron chi connectivity index (χ3n) is 9.14. The maximum absolute atomic E-state index is 12.2. The van der Waals surface area contributed by atoms with E-state index in [1.54, 1.807) is 6.92 Å². The molecule has 9 atom stereocenters. The highest BCUT2D eigenvalue weighted by Crippen LogP contribution is 2.67. The van der Waals surface area contributed by atoms with Crippen molar-refractivity contribution in [2.24, 2.45) is 40.4 Å². The Bertz CT molecular complexity index is 531. The van der Waals surface area contributed by atoms with Crippen molar-refractivity contribution in [1.82, 2.24) is 0 Å². The fraction of sp³-hybridized carbons (Fsp3) is 0.952. The lowest BCUT2D eigenvalue weighted by molar-refractivity contribution is -0.171. The Morgan fingerprint density at radius 2 is 1.54 bits per heavy atom. The molecule has 0 saturated heterocycles. The van der Waals surface area contributed by atoms with Gasteiger partial charge in [-0.05, 0) is 92.8 Å². The smallest absolute Gasteiger partial charge is 0.133 e. The monoisotopic (exact) mass is 334 g/mol.